The maximum atomic E-state index is 12.7. The van der Waals surface area contributed by atoms with Crippen LogP contribution in [0, 0.1) is 5.95 Å². The molecule has 0 saturated carbocycles. The van der Waals surface area contributed by atoms with E-state index in [0.717, 1.165) is 5.69 Å². The molecule has 0 fully saturated rings. The van der Waals surface area contributed by atoms with E-state index < -0.39 is 5.95 Å². The first kappa shape index (κ1) is 10.5. The van der Waals surface area contributed by atoms with Crippen LogP contribution >= 0.6 is 0 Å². The van der Waals surface area contributed by atoms with Crippen molar-refractivity contribution in [2.45, 2.75) is 6.42 Å². The largest absolute Gasteiger partial charge is 0.477 e. The lowest BCUT2D eigenvalue weighted by Crippen LogP contribution is -2.04. The first-order valence-electron chi connectivity index (χ1n) is 5.00. The summed E-state index contributed by atoms with van der Waals surface area (Å²) in [7, 11) is 0. The fraction of sp³-hybridized carbons (Fsp3) is 0.167. The molecule has 0 N–H and O–H groups in total. The van der Waals surface area contributed by atoms with Gasteiger partial charge in [-0.25, -0.2) is 0 Å². The van der Waals surface area contributed by atoms with Crippen LogP contribution in [0.3, 0.4) is 0 Å². The Hall–Kier alpha value is -1.97. The molecule has 3 nitrogen and oxygen atoms in total. The van der Waals surface area contributed by atoms with E-state index in [2.05, 4.69) is 9.97 Å². The van der Waals surface area contributed by atoms with Gasteiger partial charge in [-0.2, -0.15) is 9.37 Å². The van der Waals surface area contributed by atoms with Crippen LogP contribution in [-0.4, -0.2) is 16.6 Å². The summed E-state index contributed by atoms with van der Waals surface area (Å²) in [5.74, 6) is -0.230. The monoisotopic (exact) mass is 218 g/mol. The van der Waals surface area contributed by atoms with Crippen LogP contribution in [0.1, 0.15) is 5.69 Å². The van der Waals surface area contributed by atoms with E-state index >= 15 is 0 Å². The van der Waals surface area contributed by atoms with Gasteiger partial charge in [-0.1, -0.05) is 12.1 Å². The van der Waals surface area contributed by atoms with Gasteiger partial charge in [0.1, 0.15) is 0 Å². The number of hydrogen-bond donors (Lipinski definition) is 0. The highest BCUT2D eigenvalue weighted by molar-refractivity contribution is 5.10. The van der Waals surface area contributed by atoms with E-state index in [1.165, 1.54) is 6.07 Å². The van der Waals surface area contributed by atoms with Gasteiger partial charge in [0.15, 0.2) is 0 Å². The molecule has 4 heteroatoms. The highest BCUT2D eigenvalue weighted by Gasteiger charge is 1.98. The molecule has 0 aliphatic heterocycles. The molecule has 0 amide bonds. The minimum absolute atomic E-state index is 0.302. The quantitative estimate of drug-likeness (QED) is 0.738. The van der Waals surface area contributed by atoms with Crippen molar-refractivity contribution < 1.29 is 9.13 Å². The molecule has 0 saturated heterocycles. The third-order valence-corrected chi connectivity index (χ3v) is 2.02. The molecular formula is C12H11FN2O. The van der Waals surface area contributed by atoms with E-state index in [1.807, 2.05) is 18.2 Å². The minimum Gasteiger partial charge on any atom is -0.477 e. The number of aromatic nitrogens is 2. The van der Waals surface area contributed by atoms with E-state index in [9.17, 15) is 4.39 Å². The first-order valence-corrected chi connectivity index (χ1v) is 5.00. The van der Waals surface area contributed by atoms with Crippen molar-refractivity contribution in [2.24, 2.45) is 0 Å². The third kappa shape index (κ3) is 3.02. The Morgan fingerprint density at radius 1 is 1.12 bits per heavy atom. The molecule has 0 unspecified atom stereocenters. The molecule has 0 radical (unpaired) electrons. The molecule has 2 rings (SSSR count). The Kier molecular flexibility index (Phi) is 3.43. The van der Waals surface area contributed by atoms with Gasteiger partial charge in [-0.15, -0.1) is 0 Å². The van der Waals surface area contributed by atoms with Crippen molar-refractivity contribution in [3.8, 4) is 5.88 Å². The lowest BCUT2D eigenvalue weighted by Gasteiger charge is -2.04. The number of halogens is 1. The summed E-state index contributed by atoms with van der Waals surface area (Å²) >= 11 is 0. The Morgan fingerprint density at radius 3 is 2.81 bits per heavy atom. The molecular weight excluding hydrogens is 207 g/mol. The number of ether oxygens (including phenoxy) is 1. The SMILES string of the molecule is Fc1cccc(OCCc2ccccn2)n1. The van der Waals surface area contributed by atoms with E-state index in [1.54, 1.807) is 18.3 Å². The average Bonchev–Trinajstić information content (AvgIpc) is 2.30. The van der Waals surface area contributed by atoms with Gasteiger partial charge >= 0.3 is 0 Å². The summed E-state index contributed by atoms with van der Waals surface area (Å²) in [5.41, 5.74) is 0.943. The molecule has 0 aromatic carbocycles. The van der Waals surface area contributed by atoms with Gasteiger partial charge in [0.2, 0.25) is 11.8 Å². The zero-order valence-corrected chi connectivity index (χ0v) is 8.64. The highest BCUT2D eigenvalue weighted by Crippen LogP contribution is 2.06. The lowest BCUT2D eigenvalue weighted by molar-refractivity contribution is 0.303. The van der Waals surface area contributed by atoms with Gasteiger partial charge in [-0.3, -0.25) is 4.98 Å². The molecule has 82 valence electrons. The van der Waals surface area contributed by atoms with Crippen LogP contribution in [0.5, 0.6) is 5.88 Å². The summed E-state index contributed by atoms with van der Waals surface area (Å²) in [4.78, 5) is 7.75. The smallest absolute Gasteiger partial charge is 0.216 e. The van der Waals surface area contributed by atoms with Crippen molar-refractivity contribution >= 4 is 0 Å². The highest BCUT2D eigenvalue weighted by atomic mass is 19.1. The Bertz CT molecular complexity index is 448. The van der Waals surface area contributed by atoms with Crippen molar-refractivity contribution in [3.05, 3.63) is 54.2 Å². The molecule has 0 aliphatic rings. The summed E-state index contributed by atoms with van der Waals surface area (Å²) in [5, 5.41) is 0. The number of rotatable bonds is 4. The molecule has 2 aromatic rings. The second-order valence-corrected chi connectivity index (χ2v) is 3.22. The summed E-state index contributed by atoms with van der Waals surface area (Å²) < 4.78 is 18.0. The van der Waals surface area contributed by atoms with Gasteiger partial charge in [-0.05, 0) is 18.2 Å². The van der Waals surface area contributed by atoms with Crippen LogP contribution in [0.15, 0.2) is 42.6 Å². The summed E-state index contributed by atoms with van der Waals surface area (Å²) in [6, 6.07) is 10.2. The Balaban J connectivity index is 1.85. The van der Waals surface area contributed by atoms with Crippen molar-refractivity contribution in [1.82, 2.24) is 9.97 Å². The first-order chi connectivity index (χ1) is 7.84. The van der Waals surface area contributed by atoms with Crippen molar-refractivity contribution in [1.29, 1.82) is 0 Å². The third-order valence-electron chi connectivity index (χ3n) is 2.02. The predicted octanol–water partition coefficient (Wildman–Crippen LogP) is 2.24. The standard InChI is InChI=1S/C12H11FN2O/c13-11-5-3-6-12(15-11)16-9-7-10-4-1-2-8-14-10/h1-6,8H,7,9H2. The number of pyridine rings is 2. The molecule has 0 bridgehead atoms. The van der Waals surface area contributed by atoms with Crippen LogP contribution < -0.4 is 4.74 Å². The van der Waals surface area contributed by atoms with Gasteiger partial charge < -0.3 is 4.74 Å². The van der Waals surface area contributed by atoms with E-state index in [4.69, 9.17) is 4.74 Å². The maximum absolute atomic E-state index is 12.7. The zero-order chi connectivity index (χ0) is 11.2. The summed E-state index contributed by atoms with van der Waals surface area (Å²) in [6.07, 6.45) is 2.41. The fourth-order valence-corrected chi connectivity index (χ4v) is 1.28. The molecule has 0 spiro atoms. The van der Waals surface area contributed by atoms with E-state index in [-0.39, 0.29) is 0 Å². The van der Waals surface area contributed by atoms with Crippen LogP contribution in [0.2, 0.25) is 0 Å². The maximum Gasteiger partial charge on any atom is 0.216 e. The Morgan fingerprint density at radius 2 is 2.06 bits per heavy atom. The van der Waals surface area contributed by atoms with E-state index in [0.29, 0.717) is 18.9 Å². The summed E-state index contributed by atoms with van der Waals surface area (Å²) in [6.45, 7) is 0.438. The molecule has 16 heavy (non-hydrogen) atoms. The molecule has 0 aliphatic carbocycles. The Labute approximate surface area is 92.9 Å². The average molecular weight is 218 g/mol. The van der Waals surface area contributed by atoms with Crippen molar-refractivity contribution in [2.75, 3.05) is 6.61 Å². The van der Waals surface area contributed by atoms with Gasteiger partial charge in [0, 0.05) is 24.4 Å². The minimum atomic E-state index is -0.532. The fourth-order valence-electron chi connectivity index (χ4n) is 1.28. The number of nitrogens with zero attached hydrogens (tertiary/aromatic N) is 2. The molecule has 2 heterocycles. The second kappa shape index (κ2) is 5.21. The van der Waals surface area contributed by atoms with Crippen LogP contribution in [0.4, 0.5) is 4.39 Å². The topological polar surface area (TPSA) is 35.0 Å². The van der Waals surface area contributed by atoms with Gasteiger partial charge in [0.25, 0.3) is 0 Å². The van der Waals surface area contributed by atoms with Crippen molar-refractivity contribution in [3.63, 3.8) is 0 Å². The molecule has 2 aromatic heterocycles. The lowest BCUT2D eigenvalue weighted by atomic mass is 10.3. The second-order valence-electron chi connectivity index (χ2n) is 3.22. The van der Waals surface area contributed by atoms with Crippen LogP contribution in [-0.2, 0) is 6.42 Å². The molecule has 0 atom stereocenters. The van der Waals surface area contributed by atoms with Gasteiger partial charge in [0.05, 0.1) is 6.61 Å². The van der Waals surface area contributed by atoms with Crippen LogP contribution in [0.25, 0.3) is 0 Å². The number of hydrogen-bond acceptors (Lipinski definition) is 3. The normalized spacial score (nSPS) is 10.1. The zero-order valence-electron chi connectivity index (χ0n) is 8.64. The predicted molar refractivity (Wildman–Crippen MR) is 57.6 cm³/mol.